The lowest BCUT2D eigenvalue weighted by Crippen LogP contribution is -2.06. The third kappa shape index (κ3) is 35.7. The first-order valence-electron chi connectivity index (χ1n) is 29.5. The van der Waals surface area contributed by atoms with E-state index >= 15 is 0 Å². The summed E-state index contributed by atoms with van der Waals surface area (Å²) in [6.07, 6.45) is 58.5. The molecule has 1 N–H and O–H groups in total. The monoisotopic (exact) mass is 965 g/mol. The second-order valence-corrected chi connectivity index (χ2v) is 22.6. The Bertz CT molecular complexity index is 1520. The molecule has 0 atom stereocenters. The Labute approximate surface area is 422 Å². The minimum absolute atomic E-state index is 0.206. The van der Waals surface area contributed by atoms with Crippen molar-refractivity contribution in [1.82, 2.24) is 0 Å². The van der Waals surface area contributed by atoms with Crippen LogP contribution in [0.3, 0.4) is 0 Å². The van der Waals surface area contributed by atoms with Gasteiger partial charge in [-0.3, -0.25) is 0 Å². The average molecular weight is 966 g/mol. The third-order valence-electron chi connectivity index (χ3n) is 14.0. The molecule has 0 bridgehead atoms. The first kappa shape index (κ1) is 61.8. The van der Waals surface area contributed by atoms with Gasteiger partial charge in [-0.25, -0.2) is 8.42 Å². The number of hydrogen-bond donors (Lipinski definition) is 1. The second kappa shape index (κ2) is 45.8. The van der Waals surface area contributed by atoms with E-state index in [4.69, 9.17) is 14.6 Å². The minimum atomic E-state index is -3.30. The number of aliphatic hydroxyl groups is 1. The molecule has 0 aliphatic heterocycles. The molecule has 0 aromatic heterocycles. The van der Waals surface area contributed by atoms with Crippen molar-refractivity contribution < 1.29 is 23.0 Å². The zero-order valence-corrected chi connectivity index (χ0v) is 45.5. The van der Waals surface area contributed by atoms with Crippen molar-refractivity contribution in [2.24, 2.45) is 0 Å². The van der Waals surface area contributed by atoms with Gasteiger partial charge in [0, 0.05) is 18.2 Å². The van der Waals surface area contributed by atoms with Crippen molar-refractivity contribution in [1.29, 1.82) is 0 Å². The summed E-state index contributed by atoms with van der Waals surface area (Å²) >= 11 is 0. The Hall–Kier alpha value is -2.31. The summed E-state index contributed by atoms with van der Waals surface area (Å²) in [5, 5.41) is 8.91. The van der Waals surface area contributed by atoms with Gasteiger partial charge in [-0.2, -0.15) is 0 Å². The van der Waals surface area contributed by atoms with Crippen LogP contribution < -0.4 is 9.47 Å². The highest BCUT2D eigenvalue weighted by Gasteiger charge is 2.14. The number of sulfone groups is 1. The zero-order valence-electron chi connectivity index (χ0n) is 44.7. The van der Waals surface area contributed by atoms with Crippen molar-refractivity contribution in [3.05, 3.63) is 53.6 Å². The van der Waals surface area contributed by atoms with Crippen LogP contribution in [0.25, 0.3) is 12.2 Å². The van der Waals surface area contributed by atoms with Gasteiger partial charge in [0.05, 0.1) is 23.9 Å². The molecule has 0 aliphatic rings. The standard InChI is InChI=1S/C62H108O5S/c1-3-5-7-9-11-13-15-17-19-21-23-26-30-34-38-42-54-66-60-50-49-59(62(57-60)67-55-43-39-35-31-27-24-22-20-18-16-14-12-10-8-6-4-2)48-45-58-46-51-61(52-47-58)68(64,65)56-44-40-36-32-28-25-29-33-37-41-53-63/h45-52,57,63H,3-44,53-56H2,1-2H3. The number of hydrogen-bond acceptors (Lipinski definition) is 5. The molecule has 0 heterocycles. The Morgan fingerprint density at radius 1 is 0.397 bits per heavy atom. The molecule has 0 saturated heterocycles. The van der Waals surface area contributed by atoms with Crippen LogP contribution >= 0.6 is 0 Å². The van der Waals surface area contributed by atoms with Crippen molar-refractivity contribution in [2.75, 3.05) is 25.6 Å². The van der Waals surface area contributed by atoms with E-state index in [1.54, 1.807) is 12.1 Å². The molecular weight excluding hydrogens is 857 g/mol. The van der Waals surface area contributed by atoms with Crippen LogP contribution in [0.2, 0.25) is 0 Å². The molecule has 2 aromatic carbocycles. The predicted octanol–water partition coefficient (Wildman–Crippen LogP) is 19.8. The van der Waals surface area contributed by atoms with Crippen molar-refractivity contribution in [2.45, 2.75) is 288 Å². The molecule has 0 aliphatic carbocycles. The SMILES string of the molecule is CCCCCCCCCCCCCCCCCCOc1ccc(C=Cc2ccc(S(=O)(=O)CCCCCCCCCCCCO)cc2)c(OCCCCCCCCCCCCCCCCCC)c1. The minimum Gasteiger partial charge on any atom is -0.493 e. The molecule has 2 aromatic rings. The Kier molecular flexibility index (Phi) is 41.6. The molecular formula is C62H108O5S. The molecule has 0 fully saturated rings. The Morgan fingerprint density at radius 3 is 1.15 bits per heavy atom. The van der Waals surface area contributed by atoms with Gasteiger partial charge in [-0.1, -0.05) is 282 Å². The molecule has 0 amide bonds. The van der Waals surface area contributed by atoms with Crippen molar-refractivity contribution in [3.63, 3.8) is 0 Å². The molecule has 0 saturated carbocycles. The maximum Gasteiger partial charge on any atom is 0.178 e. The average Bonchev–Trinajstić information content (AvgIpc) is 3.35. The fraction of sp³-hybridized carbons (Fsp3) is 0.774. The lowest BCUT2D eigenvalue weighted by atomic mass is 10.0. The molecule has 5 nitrogen and oxygen atoms in total. The molecule has 2 rings (SSSR count). The van der Waals surface area contributed by atoms with Gasteiger partial charge >= 0.3 is 0 Å². The summed E-state index contributed by atoms with van der Waals surface area (Å²) in [5.41, 5.74) is 1.97. The van der Waals surface area contributed by atoms with E-state index in [0.29, 0.717) is 24.5 Å². The van der Waals surface area contributed by atoms with E-state index in [1.165, 1.54) is 225 Å². The maximum atomic E-state index is 13.1. The normalized spacial score (nSPS) is 11.9. The van der Waals surface area contributed by atoms with Crippen LogP contribution in [0, 0.1) is 0 Å². The first-order chi connectivity index (χ1) is 33.5. The van der Waals surface area contributed by atoms with E-state index < -0.39 is 9.84 Å². The summed E-state index contributed by atoms with van der Waals surface area (Å²) in [6, 6.07) is 13.6. The van der Waals surface area contributed by atoms with Gasteiger partial charge in [-0.15, -0.1) is 0 Å². The Morgan fingerprint density at radius 2 is 0.750 bits per heavy atom. The zero-order chi connectivity index (χ0) is 48.7. The molecule has 68 heavy (non-hydrogen) atoms. The third-order valence-corrected chi connectivity index (χ3v) is 15.8. The molecule has 392 valence electrons. The number of rotatable bonds is 51. The fourth-order valence-corrected chi connectivity index (χ4v) is 10.8. The van der Waals surface area contributed by atoms with Crippen LogP contribution in [-0.4, -0.2) is 39.1 Å². The van der Waals surface area contributed by atoms with Crippen LogP contribution in [-0.2, 0) is 9.84 Å². The second-order valence-electron chi connectivity index (χ2n) is 20.5. The molecule has 0 spiro atoms. The summed E-state index contributed by atoms with van der Waals surface area (Å²) in [6.45, 7) is 6.31. The smallest absolute Gasteiger partial charge is 0.178 e. The van der Waals surface area contributed by atoms with Gasteiger partial charge in [-0.05, 0) is 55.5 Å². The van der Waals surface area contributed by atoms with Crippen LogP contribution in [0.4, 0.5) is 0 Å². The summed E-state index contributed by atoms with van der Waals surface area (Å²) in [7, 11) is -3.30. The van der Waals surface area contributed by atoms with E-state index in [0.717, 1.165) is 67.8 Å². The van der Waals surface area contributed by atoms with E-state index in [-0.39, 0.29) is 5.75 Å². The first-order valence-corrected chi connectivity index (χ1v) is 31.2. The van der Waals surface area contributed by atoms with Gasteiger partial charge in [0.15, 0.2) is 9.84 Å². The lowest BCUT2D eigenvalue weighted by molar-refractivity contribution is 0.282. The van der Waals surface area contributed by atoms with Gasteiger partial charge in [0.1, 0.15) is 11.5 Å². The summed E-state index contributed by atoms with van der Waals surface area (Å²) in [4.78, 5) is 0.409. The fourth-order valence-electron chi connectivity index (χ4n) is 9.45. The van der Waals surface area contributed by atoms with Gasteiger partial charge < -0.3 is 14.6 Å². The van der Waals surface area contributed by atoms with E-state index in [1.807, 2.05) is 12.1 Å². The highest BCUT2D eigenvalue weighted by Crippen LogP contribution is 2.28. The largest absolute Gasteiger partial charge is 0.493 e. The molecule has 6 heteroatoms. The quantitative estimate of drug-likeness (QED) is 0.0528. The molecule has 0 radical (unpaired) electrons. The highest BCUT2D eigenvalue weighted by atomic mass is 32.2. The van der Waals surface area contributed by atoms with E-state index in [9.17, 15) is 8.42 Å². The van der Waals surface area contributed by atoms with Crippen LogP contribution in [0.5, 0.6) is 11.5 Å². The predicted molar refractivity (Wildman–Crippen MR) is 297 cm³/mol. The van der Waals surface area contributed by atoms with Crippen LogP contribution in [0.1, 0.15) is 295 Å². The van der Waals surface area contributed by atoms with Gasteiger partial charge in [0.2, 0.25) is 0 Å². The lowest BCUT2D eigenvalue weighted by Gasteiger charge is -2.13. The topological polar surface area (TPSA) is 72.8 Å². The Balaban J connectivity index is 1.77. The summed E-state index contributed by atoms with van der Waals surface area (Å²) in [5.74, 6) is 1.92. The van der Waals surface area contributed by atoms with Gasteiger partial charge in [0.25, 0.3) is 0 Å². The highest BCUT2D eigenvalue weighted by molar-refractivity contribution is 7.91. The van der Waals surface area contributed by atoms with Crippen molar-refractivity contribution in [3.8, 4) is 11.5 Å². The number of ether oxygens (including phenoxy) is 2. The van der Waals surface area contributed by atoms with Crippen LogP contribution in [0.15, 0.2) is 47.4 Å². The number of aliphatic hydroxyl groups excluding tert-OH is 1. The summed E-state index contributed by atoms with van der Waals surface area (Å²) < 4.78 is 39.0. The number of unbranched alkanes of at least 4 members (excludes halogenated alkanes) is 39. The molecule has 0 unspecified atom stereocenters. The maximum absolute atomic E-state index is 13.1. The van der Waals surface area contributed by atoms with Crippen molar-refractivity contribution >= 4 is 22.0 Å². The van der Waals surface area contributed by atoms with E-state index in [2.05, 4.69) is 44.2 Å². The number of benzene rings is 2.